The van der Waals surface area contributed by atoms with Crippen LogP contribution in [0.3, 0.4) is 0 Å². The number of nitrogens with one attached hydrogen (secondary N) is 2. The van der Waals surface area contributed by atoms with Crippen LogP contribution in [0.4, 0.5) is 0 Å². The lowest BCUT2D eigenvalue weighted by Gasteiger charge is -2.18. The van der Waals surface area contributed by atoms with Crippen LogP contribution in [-0.4, -0.2) is 46.7 Å². The van der Waals surface area contributed by atoms with Crippen LogP contribution in [0.25, 0.3) is 0 Å². The van der Waals surface area contributed by atoms with Crippen molar-refractivity contribution in [3.05, 3.63) is 24.3 Å². The third-order valence-corrected chi connectivity index (χ3v) is 4.53. The Hall–Kier alpha value is -1.64. The fourth-order valence-corrected chi connectivity index (χ4v) is 3.10. The maximum Gasteiger partial charge on any atom is 0.241 e. The number of methoxy groups -OCH3 is 1. The quantitative estimate of drug-likeness (QED) is 0.694. The zero-order chi connectivity index (χ0) is 17.5. The van der Waals surface area contributed by atoms with Crippen LogP contribution >= 0.6 is 0 Å². The summed E-state index contributed by atoms with van der Waals surface area (Å²) in [5, 5.41) is 2.67. The number of ether oxygens (including phenoxy) is 2. The number of benzene rings is 1. The largest absolute Gasteiger partial charge is 0.494 e. The van der Waals surface area contributed by atoms with Crippen LogP contribution in [0.15, 0.2) is 29.2 Å². The molecule has 0 fully saturated rings. The fourth-order valence-electron chi connectivity index (χ4n) is 1.90. The fraction of sp³-hybridized carbons (Fsp3) is 0.533. The van der Waals surface area contributed by atoms with E-state index < -0.39 is 22.0 Å². The van der Waals surface area contributed by atoms with Crippen LogP contribution in [-0.2, 0) is 19.6 Å². The van der Waals surface area contributed by atoms with E-state index in [2.05, 4.69) is 10.0 Å². The van der Waals surface area contributed by atoms with Crippen LogP contribution in [0.1, 0.15) is 20.8 Å². The van der Waals surface area contributed by atoms with Crippen molar-refractivity contribution in [2.45, 2.75) is 37.8 Å². The Labute approximate surface area is 137 Å². The van der Waals surface area contributed by atoms with E-state index in [1.807, 2.05) is 6.92 Å². The molecule has 1 aromatic rings. The summed E-state index contributed by atoms with van der Waals surface area (Å²) in [4.78, 5) is 12.0. The molecule has 0 bridgehead atoms. The van der Waals surface area contributed by atoms with Gasteiger partial charge in [-0.25, -0.2) is 8.42 Å². The summed E-state index contributed by atoms with van der Waals surface area (Å²) in [6.07, 6.45) is 0. The highest BCUT2D eigenvalue weighted by Gasteiger charge is 2.22. The summed E-state index contributed by atoms with van der Waals surface area (Å²) < 4.78 is 37.1. The molecule has 0 unspecified atom stereocenters. The number of amides is 1. The Bertz CT molecular complexity index is 601. The second-order valence-electron chi connectivity index (χ2n) is 5.11. The van der Waals surface area contributed by atoms with E-state index in [1.54, 1.807) is 19.1 Å². The zero-order valence-corrected chi connectivity index (χ0v) is 14.6. The van der Waals surface area contributed by atoms with Gasteiger partial charge in [-0.2, -0.15) is 4.72 Å². The monoisotopic (exact) mass is 344 g/mol. The lowest BCUT2D eigenvalue weighted by atomic mass is 10.3. The molecule has 0 heterocycles. The second kappa shape index (κ2) is 8.85. The van der Waals surface area contributed by atoms with Crippen molar-refractivity contribution in [2.24, 2.45) is 0 Å². The normalized spacial score (nSPS) is 14.1. The van der Waals surface area contributed by atoms with Gasteiger partial charge in [0.15, 0.2) is 0 Å². The highest BCUT2D eigenvalue weighted by molar-refractivity contribution is 7.89. The molecule has 0 aliphatic rings. The molecule has 0 saturated heterocycles. The smallest absolute Gasteiger partial charge is 0.241 e. The molecule has 23 heavy (non-hydrogen) atoms. The van der Waals surface area contributed by atoms with E-state index in [0.29, 0.717) is 19.0 Å². The van der Waals surface area contributed by atoms with Crippen molar-refractivity contribution in [1.29, 1.82) is 0 Å². The third kappa shape index (κ3) is 6.17. The number of rotatable bonds is 9. The molecule has 0 radical (unpaired) electrons. The molecule has 1 rings (SSSR count). The first-order valence-electron chi connectivity index (χ1n) is 7.34. The Morgan fingerprint density at radius 1 is 1.22 bits per heavy atom. The van der Waals surface area contributed by atoms with Crippen molar-refractivity contribution >= 4 is 15.9 Å². The number of carbonyl (C=O) groups excluding carboxylic acids is 1. The summed E-state index contributed by atoms with van der Waals surface area (Å²) in [5.41, 5.74) is 0. The van der Waals surface area contributed by atoms with Crippen molar-refractivity contribution in [2.75, 3.05) is 20.3 Å². The van der Waals surface area contributed by atoms with E-state index in [-0.39, 0.29) is 10.9 Å². The van der Waals surface area contributed by atoms with Gasteiger partial charge in [-0.15, -0.1) is 0 Å². The zero-order valence-electron chi connectivity index (χ0n) is 13.8. The first-order valence-corrected chi connectivity index (χ1v) is 8.83. The average Bonchev–Trinajstić information content (AvgIpc) is 2.47. The molecule has 1 aromatic carbocycles. The van der Waals surface area contributed by atoms with Crippen molar-refractivity contribution in [1.82, 2.24) is 10.0 Å². The Kier molecular flexibility index (Phi) is 7.47. The second-order valence-corrected chi connectivity index (χ2v) is 6.83. The summed E-state index contributed by atoms with van der Waals surface area (Å²) in [6, 6.07) is 4.92. The van der Waals surface area contributed by atoms with Gasteiger partial charge in [0.05, 0.1) is 24.2 Å². The Morgan fingerprint density at radius 2 is 1.83 bits per heavy atom. The summed E-state index contributed by atoms with van der Waals surface area (Å²) in [6.45, 7) is 5.96. The van der Waals surface area contributed by atoms with Crippen LogP contribution in [0, 0.1) is 0 Å². The highest BCUT2D eigenvalue weighted by Crippen LogP contribution is 2.16. The number of sulfonamides is 1. The molecule has 7 nitrogen and oxygen atoms in total. The van der Waals surface area contributed by atoms with E-state index in [9.17, 15) is 13.2 Å². The van der Waals surface area contributed by atoms with E-state index >= 15 is 0 Å². The molecule has 1 amide bonds. The third-order valence-electron chi connectivity index (χ3n) is 2.98. The minimum Gasteiger partial charge on any atom is -0.494 e. The molecular formula is C15H24N2O5S. The van der Waals surface area contributed by atoms with Gasteiger partial charge < -0.3 is 14.8 Å². The Balaban J connectivity index is 2.71. The Morgan fingerprint density at radius 3 is 2.35 bits per heavy atom. The molecule has 0 aromatic heterocycles. The summed E-state index contributed by atoms with van der Waals surface area (Å²) in [5.74, 6) is 0.176. The van der Waals surface area contributed by atoms with Gasteiger partial charge in [0.2, 0.25) is 15.9 Å². The van der Waals surface area contributed by atoms with Crippen LogP contribution in [0.2, 0.25) is 0 Å². The van der Waals surface area contributed by atoms with E-state index in [0.717, 1.165) is 0 Å². The van der Waals surface area contributed by atoms with Gasteiger partial charge in [0.25, 0.3) is 0 Å². The first-order chi connectivity index (χ1) is 10.8. The SMILES string of the molecule is CCOc1ccc(S(=O)(=O)N[C@@H](C)C(=O)N[C@@H](C)COC)cc1. The first kappa shape index (κ1) is 19.4. The minimum absolute atomic E-state index is 0.0746. The molecule has 0 saturated carbocycles. The average molecular weight is 344 g/mol. The summed E-state index contributed by atoms with van der Waals surface area (Å²) in [7, 11) is -2.25. The molecule has 0 aliphatic heterocycles. The van der Waals surface area contributed by atoms with Crippen molar-refractivity contribution < 1.29 is 22.7 Å². The van der Waals surface area contributed by atoms with Gasteiger partial charge >= 0.3 is 0 Å². The van der Waals surface area contributed by atoms with Crippen molar-refractivity contribution in [3.63, 3.8) is 0 Å². The molecule has 130 valence electrons. The topological polar surface area (TPSA) is 93.7 Å². The molecular weight excluding hydrogens is 320 g/mol. The summed E-state index contributed by atoms with van der Waals surface area (Å²) >= 11 is 0. The lowest BCUT2D eigenvalue weighted by Crippen LogP contribution is -2.48. The lowest BCUT2D eigenvalue weighted by molar-refractivity contribution is -0.123. The number of carbonyl (C=O) groups is 1. The highest BCUT2D eigenvalue weighted by atomic mass is 32.2. The molecule has 2 N–H and O–H groups in total. The molecule has 8 heteroatoms. The van der Waals surface area contributed by atoms with Gasteiger partial charge in [-0.05, 0) is 45.0 Å². The van der Waals surface area contributed by atoms with E-state index in [4.69, 9.17) is 9.47 Å². The number of hydrogen-bond donors (Lipinski definition) is 2. The standard InChI is InChI=1S/C15H24N2O5S/c1-5-22-13-6-8-14(9-7-13)23(19,20)17-12(3)15(18)16-11(2)10-21-4/h6-9,11-12,17H,5,10H2,1-4H3,(H,16,18)/t11-,12-/m0/s1. The van der Waals surface area contributed by atoms with Crippen LogP contribution < -0.4 is 14.8 Å². The number of hydrogen-bond acceptors (Lipinski definition) is 5. The maximum atomic E-state index is 12.3. The maximum absolute atomic E-state index is 12.3. The van der Waals surface area contributed by atoms with Crippen LogP contribution in [0.5, 0.6) is 5.75 Å². The van der Waals surface area contributed by atoms with Gasteiger partial charge in [0, 0.05) is 13.2 Å². The van der Waals surface area contributed by atoms with Gasteiger partial charge in [-0.1, -0.05) is 0 Å². The van der Waals surface area contributed by atoms with E-state index in [1.165, 1.54) is 26.2 Å². The van der Waals surface area contributed by atoms with Gasteiger partial charge in [-0.3, -0.25) is 4.79 Å². The minimum atomic E-state index is -3.78. The predicted octanol–water partition coefficient (Wildman–Crippen LogP) is 0.903. The van der Waals surface area contributed by atoms with Gasteiger partial charge in [0.1, 0.15) is 5.75 Å². The molecule has 0 aliphatic carbocycles. The van der Waals surface area contributed by atoms with Crippen molar-refractivity contribution in [3.8, 4) is 5.75 Å². The molecule has 0 spiro atoms. The molecule has 2 atom stereocenters. The predicted molar refractivity (Wildman–Crippen MR) is 86.9 cm³/mol.